The van der Waals surface area contributed by atoms with Gasteiger partial charge in [0, 0.05) is 23.8 Å². The summed E-state index contributed by atoms with van der Waals surface area (Å²) in [6, 6.07) is 18.9. The monoisotopic (exact) mass is 465 g/mol. The van der Waals surface area contributed by atoms with E-state index in [1.54, 1.807) is 34.5 Å². The Morgan fingerprint density at radius 2 is 1.89 bits per heavy atom. The number of pyridine rings is 1. The molecule has 7 nitrogen and oxygen atoms in total. The summed E-state index contributed by atoms with van der Waals surface area (Å²) >= 11 is 0. The van der Waals surface area contributed by atoms with Gasteiger partial charge in [0.25, 0.3) is 11.5 Å². The summed E-state index contributed by atoms with van der Waals surface area (Å²) in [6.07, 6.45) is 5.18. The normalized spacial score (nSPS) is 12.2. The van der Waals surface area contributed by atoms with Crippen molar-refractivity contribution in [3.63, 3.8) is 0 Å². The first-order valence-corrected chi connectivity index (χ1v) is 11.8. The lowest BCUT2D eigenvalue weighted by Crippen LogP contribution is -2.32. The van der Waals surface area contributed by atoms with E-state index in [2.05, 4.69) is 22.3 Å². The Kier molecular flexibility index (Phi) is 5.91. The summed E-state index contributed by atoms with van der Waals surface area (Å²) in [6.45, 7) is 5.79. The van der Waals surface area contributed by atoms with Crippen molar-refractivity contribution in [2.75, 3.05) is 0 Å². The van der Waals surface area contributed by atoms with E-state index in [1.165, 1.54) is 0 Å². The molecule has 1 atom stereocenters. The number of fused-ring (bicyclic) bond motifs is 2. The van der Waals surface area contributed by atoms with Gasteiger partial charge >= 0.3 is 0 Å². The van der Waals surface area contributed by atoms with Gasteiger partial charge in [-0.25, -0.2) is 9.50 Å². The minimum Gasteiger partial charge on any atom is -0.344 e. The third-order valence-electron chi connectivity index (χ3n) is 6.28. The number of para-hydroxylation sites is 1. The van der Waals surface area contributed by atoms with E-state index in [-0.39, 0.29) is 11.5 Å². The van der Waals surface area contributed by atoms with Crippen molar-refractivity contribution in [2.45, 2.75) is 39.7 Å². The fourth-order valence-corrected chi connectivity index (χ4v) is 4.70. The predicted octanol–water partition coefficient (Wildman–Crippen LogP) is 4.79. The van der Waals surface area contributed by atoms with Crippen LogP contribution in [0.25, 0.3) is 22.1 Å². The maximum atomic E-state index is 13.9. The first-order valence-electron chi connectivity index (χ1n) is 11.8. The van der Waals surface area contributed by atoms with Crippen LogP contribution in [0.4, 0.5) is 0 Å². The molecular weight excluding hydrogens is 438 g/mol. The Morgan fingerprint density at radius 3 is 2.66 bits per heavy atom. The average molecular weight is 466 g/mol. The number of nitrogens with zero attached hydrogens (tertiary/aromatic N) is 4. The van der Waals surface area contributed by atoms with Gasteiger partial charge < -0.3 is 5.32 Å². The number of aromatic nitrogens is 4. The average Bonchev–Trinajstić information content (AvgIpc) is 3.20. The number of hydrogen-bond donors (Lipinski definition) is 1. The minimum atomic E-state index is -0.451. The van der Waals surface area contributed by atoms with Crippen LogP contribution in [0.3, 0.4) is 0 Å². The van der Waals surface area contributed by atoms with Gasteiger partial charge in [0.15, 0.2) is 5.65 Å². The van der Waals surface area contributed by atoms with Crippen molar-refractivity contribution >= 4 is 22.3 Å². The molecule has 7 heteroatoms. The highest BCUT2D eigenvalue weighted by atomic mass is 16.2. The van der Waals surface area contributed by atoms with E-state index in [4.69, 9.17) is 0 Å². The zero-order valence-corrected chi connectivity index (χ0v) is 20.0. The molecule has 0 spiro atoms. The molecule has 3 aromatic heterocycles. The lowest BCUT2D eigenvalue weighted by molar-refractivity contribution is 0.0939. The first kappa shape index (κ1) is 22.5. The quantitative estimate of drug-likeness (QED) is 0.391. The molecule has 1 N–H and O–H groups in total. The standard InChI is InChI=1S/C28H27N5O2/c1-4-10-20-11-8-12-21-17-23(33(28(35)25(20)21)22-13-6-5-7-14-22)18(2)30-27(34)24-19(3)31-32-16-9-15-29-26(24)32/h5-9,11-18H,4,10H2,1-3H3,(H,30,34)/t18-/m0/s1. The molecule has 0 aliphatic heterocycles. The molecule has 5 rings (SSSR count). The molecule has 0 aliphatic carbocycles. The molecule has 3 heterocycles. The van der Waals surface area contributed by atoms with Crippen molar-refractivity contribution in [3.05, 3.63) is 106 Å². The van der Waals surface area contributed by atoms with Crippen LogP contribution in [-0.4, -0.2) is 25.1 Å². The minimum absolute atomic E-state index is 0.0809. The van der Waals surface area contributed by atoms with Gasteiger partial charge in [-0.15, -0.1) is 0 Å². The highest BCUT2D eigenvalue weighted by molar-refractivity contribution is 6.01. The largest absolute Gasteiger partial charge is 0.344 e. The Hall–Kier alpha value is -4.26. The van der Waals surface area contributed by atoms with Crippen LogP contribution in [0.1, 0.15) is 53.6 Å². The SMILES string of the molecule is CCCc1cccc2cc([C@H](C)NC(=O)c3c(C)nn4cccnc34)n(-c3ccccc3)c(=O)c12. The zero-order valence-electron chi connectivity index (χ0n) is 20.0. The molecule has 0 radical (unpaired) electrons. The zero-order chi connectivity index (χ0) is 24.5. The van der Waals surface area contributed by atoms with Gasteiger partial charge in [-0.05, 0) is 55.5 Å². The van der Waals surface area contributed by atoms with E-state index in [9.17, 15) is 9.59 Å². The fraction of sp³-hybridized carbons (Fsp3) is 0.214. The second kappa shape index (κ2) is 9.18. The predicted molar refractivity (Wildman–Crippen MR) is 137 cm³/mol. The number of hydrogen-bond acceptors (Lipinski definition) is 4. The van der Waals surface area contributed by atoms with E-state index >= 15 is 0 Å². The molecule has 0 saturated heterocycles. The number of amides is 1. The molecule has 1 amide bonds. The van der Waals surface area contributed by atoms with Crippen molar-refractivity contribution in [1.82, 2.24) is 24.5 Å². The van der Waals surface area contributed by atoms with Gasteiger partial charge in [-0.3, -0.25) is 14.2 Å². The van der Waals surface area contributed by atoms with E-state index in [0.717, 1.165) is 34.9 Å². The highest BCUT2D eigenvalue weighted by Crippen LogP contribution is 2.25. The molecule has 0 unspecified atom stereocenters. The lowest BCUT2D eigenvalue weighted by atomic mass is 10.00. The Morgan fingerprint density at radius 1 is 1.09 bits per heavy atom. The second-order valence-electron chi connectivity index (χ2n) is 8.72. The lowest BCUT2D eigenvalue weighted by Gasteiger charge is -2.21. The fourth-order valence-electron chi connectivity index (χ4n) is 4.70. The summed E-state index contributed by atoms with van der Waals surface area (Å²) in [5.74, 6) is -0.282. The summed E-state index contributed by atoms with van der Waals surface area (Å²) in [4.78, 5) is 31.6. The van der Waals surface area contributed by atoms with Crippen molar-refractivity contribution < 1.29 is 4.79 Å². The molecule has 35 heavy (non-hydrogen) atoms. The van der Waals surface area contributed by atoms with Crippen molar-refractivity contribution in [1.29, 1.82) is 0 Å². The molecule has 176 valence electrons. The van der Waals surface area contributed by atoms with Crippen LogP contribution in [0, 0.1) is 6.92 Å². The summed E-state index contributed by atoms with van der Waals surface area (Å²) < 4.78 is 3.31. The Bertz CT molecular complexity index is 1600. The summed E-state index contributed by atoms with van der Waals surface area (Å²) in [5, 5.41) is 9.08. The van der Waals surface area contributed by atoms with Gasteiger partial charge in [-0.2, -0.15) is 5.10 Å². The van der Waals surface area contributed by atoms with E-state index < -0.39 is 6.04 Å². The van der Waals surface area contributed by atoms with Gasteiger partial charge in [0.1, 0.15) is 5.56 Å². The van der Waals surface area contributed by atoms with Crippen LogP contribution < -0.4 is 10.9 Å². The van der Waals surface area contributed by atoms with Crippen LogP contribution in [0.15, 0.2) is 77.9 Å². The third kappa shape index (κ3) is 3.99. The topological polar surface area (TPSA) is 81.3 Å². The number of nitrogens with one attached hydrogen (secondary N) is 1. The van der Waals surface area contributed by atoms with Crippen LogP contribution in [0.2, 0.25) is 0 Å². The second-order valence-corrected chi connectivity index (χ2v) is 8.72. The Balaban J connectivity index is 1.64. The smallest absolute Gasteiger partial charge is 0.263 e. The van der Waals surface area contributed by atoms with Crippen molar-refractivity contribution in [2.24, 2.45) is 0 Å². The summed E-state index contributed by atoms with van der Waals surface area (Å²) in [5.41, 5.74) is 3.94. The molecule has 0 aliphatic rings. The third-order valence-corrected chi connectivity index (χ3v) is 6.28. The van der Waals surface area contributed by atoms with Crippen LogP contribution >= 0.6 is 0 Å². The molecule has 2 aromatic carbocycles. The van der Waals surface area contributed by atoms with Gasteiger partial charge in [0.05, 0.1) is 17.1 Å². The van der Waals surface area contributed by atoms with Gasteiger partial charge in [0.2, 0.25) is 0 Å². The van der Waals surface area contributed by atoms with Gasteiger partial charge in [-0.1, -0.05) is 49.7 Å². The first-order chi connectivity index (χ1) is 17.0. The highest BCUT2D eigenvalue weighted by Gasteiger charge is 2.23. The number of rotatable bonds is 6. The number of aryl methyl sites for hydroxylation is 2. The molecule has 0 saturated carbocycles. The molecular formula is C28H27N5O2. The van der Waals surface area contributed by atoms with Crippen molar-refractivity contribution in [3.8, 4) is 5.69 Å². The number of carbonyl (C=O) groups is 1. The molecule has 0 bridgehead atoms. The summed E-state index contributed by atoms with van der Waals surface area (Å²) in [7, 11) is 0. The van der Waals surface area contributed by atoms with Crippen LogP contribution in [0.5, 0.6) is 0 Å². The maximum absolute atomic E-state index is 13.9. The number of carbonyl (C=O) groups excluding carboxylic acids is 1. The molecule has 0 fully saturated rings. The van der Waals surface area contributed by atoms with Crippen LogP contribution in [-0.2, 0) is 6.42 Å². The van der Waals surface area contributed by atoms with E-state index in [1.807, 2.05) is 61.5 Å². The Labute approximate surface area is 203 Å². The maximum Gasteiger partial charge on any atom is 0.263 e. The van der Waals surface area contributed by atoms with E-state index in [0.29, 0.717) is 22.6 Å². The molecule has 5 aromatic rings. The number of benzene rings is 2.